The fourth-order valence-electron chi connectivity index (χ4n) is 1.40. The van der Waals surface area contributed by atoms with Gasteiger partial charge in [0.15, 0.2) is 0 Å². The summed E-state index contributed by atoms with van der Waals surface area (Å²) in [5.74, 6) is 1.17. The van der Waals surface area contributed by atoms with Crippen LogP contribution in [0.1, 0.15) is 12.7 Å². The minimum atomic E-state index is -0.504. The Kier molecular flexibility index (Phi) is 4.23. The first-order valence-corrected chi connectivity index (χ1v) is 5.76. The normalized spacial score (nSPS) is 11.8. The zero-order valence-corrected chi connectivity index (χ0v) is 10.7. The summed E-state index contributed by atoms with van der Waals surface area (Å²) in [6, 6.07) is 6.48. The highest BCUT2D eigenvalue weighted by atomic mass is 16.6. The smallest absolute Gasteiger partial charge is 0.287 e. The first-order valence-electron chi connectivity index (χ1n) is 5.76. The quantitative estimate of drug-likeness (QED) is 0.512. The van der Waals surface area contributed by atoms with Crippen LogP contribution in [0.15, 0.2) is 51.8 Å². The molecular formula is C13H12N4O3. The lowest BCUT2D eigenvalue weighted by atomic mass is 10.3. The van der Waals surface area contributed by atoms with Crippen LogP contribution in [0.3, 0.4) is 0 Å². The molecule has 0 amide bonds. The summed E-state index contributed by atoms with van der Waals surface area (Å²) in [4.78, 5) is 13.8. The largest absolute Gasteiger partial charge is 0.465 e. The highest BCUT2D eigenvalue weighted by Gasteiger charge is 2.04. The van der Waals surface area contributed by atoms with E-state index in [2.05, 4.69) is 15.5 Å². The lowest BCUT2D eigenvalue weighted by Crippen LogP contribution is -1.94. The van der Waals surface area contributed by atoms with Crippen molar-refractivity contribution in [3.8, 4) is 0 Å². The number of nitrogens with zero attached hydrogens (tertiary/aromatic N) is 3. The molecule has 0 atom stereocenters. The minimum absolute atomic E-state index is 0.0616. The molecular weight excluding hydrogens is 260 g/mol. The maximum absolute atomic E-state index is 10.5. The number of rotatable bonds is 5. The van der Waals surface area contributed by atoms with Crippen molar-refractivity contribution in [3.05, 3.63) is 58.2 Å². The van der Waals surface area contributed by atoms with Gasteiger partial charge in [-0.3, -0.25) is 15.5 Å². The second-order valence-electron chi connectivity index (χ2n) is 3.93. The molecule has 0 aliphatic carbocycles. The second kappa shape index (κ2) is 6.28. The zero-order valence-electron chi connectivity index (χ0n) is 10.7. The zero-order chi connectivity index (χ0) is 14.4. The molecule has 2 aromatic heterocycles. The Morgan fingerprint density at radius 3 is 2.95 bits per heavy atom. The number of pyridine rings is 1. The molecule has 102 valence electrons. The van der Waals surface area contributed by atoms with E-state index >= 15 is 0 Å². The van der Waals surface area contributed by atoms with Gasteiger partial charge in [-0.15, -0.1) is 0 Å². The first kappa shape index (κ1) is 13.5. The van der Waals surface area contributed by atoms with Gasteiger partial charge in [0.2, 0.25) is 0 Å². The van der Waals surface area contributed by atoms with Crippen molar-refractivity contribution in [3.63, 3.8) is 0 Å². The van der Waals surface area contributed by atoms with Crippen molar-refractivity contribution in [2.75, 3.05) is 5.43 Å². The standard InChI is InChI=1S/C13H12N4O3/c1-10(7-12-3-2-6-20-12)8-15-16-13-5-4-11(9-14-13)17(18)19/h2-9H,1H3,(H,14,16)/b10-7+,15-8+. The maximum atomic E-state index is 10.5. The number of nitro groups is 1. The molecule has 1 N–H and O–H groups in total. The third-order valence-electron chi connectivity index (χ3n) is 2.32. The number of nitrogens with one attached hydrogen (secondary N) is 1. The summed E-state index contributed by atoms with van der Waals surface area (Å²) < 4.78 is 5.17. The van der Waals surface area contributed by atoms with Gasteiger partial charge in [0.25, 0.3) is 5.69 Å². The van der Waals surface area contributed by atoms with E-state index in [0.717, 1.165) is 11.3 Å². The van der Waals surface area contributed by atoms with Crippen molar-refractivity contribution >= 4 is 23.8 Å². The van der Waals surface area contributed by atoms with Gasteiger partial charge in [-0.2, -0.15) is 5.10 Å². The van der Waals surface area contributed by atoms with E-state index in [1.165, 1.54) is 18.3 Å². The van der Waals surface area contributed by atoms with Gasteiger partial charge in [-0.25, -0.2) is 4.98 Å². The van der Waals surface area contributed by atoms with Crippen LogP contribution in [0.25, 0.3) is 6.08 Å². The van der Waals surface area contributed by atoms with Crippen molar-refractivity contribution in [1.82, 2.24) is 4.98 Å². The van der Waals surface area contributed by atoms with Crippen LogP contribution in [0.2, 0.25) is 0 Å². The summed E-state index contributed by atoms with van der Waals surface area (Å²) in [7, 11) is 0. The highest BCUT2D eigenvalue weighted by molar-refractivity contribution is 5.84. The molecule has 0 aliphatic rings. The monoisotopic (exact) mass is 272 g/mol. The Morgan fingerprint density at radius 1 is 1.50 bits per heavy atom. The van der Waals surface area contributed by atoms with E-state index in [1.54, 1.807) is 18.5 Å². The minimum Gasteiger partial charge on any atom is -0.465 e. The molecule has 0 aromatic carbocycles. The number of hydrogen-bond acceptors (Lipinski definition) is 6. The highest BCUT2D eigenvalue weighted by Crippen LogP contribution is 2.11. The predicted molar refractivity (Wildman–Crippen MR) is 75.4 cm³/mol. The topological polar surface area (TPSA) is 93.6 Å². The van der Waals surface area contributed by atoms with Gasteiger partial charge < -0.3 is 4.42 Å². The van der Waals surface area contributed by atoms with Crippen molar-refractivity contribution in [2.24, 2.45) is 5.10 Å². The first-order chi connectivity index (χ1) is 9.65. The van der Waals surface area contributed by atoms with Crippen molar-refractivity contribution < 1.29 is 9.34 Å². The summed E-state index contributed by atoms with van der Waals surface area (Å²) in [5.41, 5.74) is 3.51. The average Bonchev–Trinajstić information content (AvgIpc) is 2.92. The van der Waals surface area contributed by atoms with E-state index < -0.39 is 4.92 Å². The number of hydrazone groups is 1. The molecule has 20 heavy (non-hydrogen) atoms. The van der Waals surface area contributed by atoms with E-state index in [4.69, 9.17) is 4.42 Å². The van der Waals surface area contributed by atoms with E-state index in [-0.39, 0.29) is 5.69 Å². The van der Waals surface area contributed by atoms with Crippen LogP contribution in [0.4, 0.5) is 11.5 Å². The van der Waals surface area contributed by atoms with Crippen LogP contribution < -0.4 is 5.43 Å². The van der Waals surface area contributed by atoms with Crippen LogP contribution >= 0.6 is 0 Å². The number of aromatic nitrogens is 1. The van der Waals surface area contributed by atoms with Gasteiger partial charge in [0.1, 0.15) is 17.8 Å². The van der Waals surface area contributed by atoms with Crippen LogP contribution in [0, 0.1) is 10.1 Å². The summed E-state index contributed by atoms with van der Waals surface area (Å²) >= 11 is 0. The van der Waals surface area contributed by atoms with Gasteiger partial charge in [0.05, 0.1) is 17.4 Å². The number of hydrogen-bond donors (Lipinski definition) is 1. The van der Waals surface area contributed by atoms with Crippen LogP contribution in [-0.4, -0.2) is 16.1 Å². The molecule has 0 radical (unpaired) electrons. The van der Waals surface area contributed by atoms with Gasteiger partial charge in [-0.05, 0) is 36.8 Å². The molecule has 0 saturated carbocycles. The molecule has 2 heterocycles. The van der Waals surface area contributed by atoms with E-state index in [0.29, 0.717) is 5.82 Å². The van der Waals surface area contributed by atoms with Crippen molar-refractivity contribution in [1.29, 1.82) is 0 Å². The summed E-state index contributed by atoms with van der Waals surface area (Å²) in [6.07, 6.45) is 6.19. The Balaban J connectivity index is 1.94. The Bertz CT molecular complexity index is 630. The number of furan rings is 1. The summed E-state index contributed by atoms with van der Waals surface area (Å²) in [5, 5.41) is 14.4. The molecule has 0 bridgehead atoms. The average molecular weight is 272 g/mol. The third kappa shape index (κ3) is 3.77. The van der Waals surface area contributed by atoms with E-state index in [9.17, 15) is 10.1 Å². The molecule has 7 heteroatoms. The van der Waals surface area contributed by atoms with Crippen LogP contribution in [0.5, 0.6) is 0 Å². The van der Waals surface area contributed by atoms with Crippen LogP contribution in [-0.2, 0) is 0 Å². The fraction of sp³-hybridized carbons (Fsp3) is 0.0769. The van der Waals surface area contributed by atoms with Gasteiger partial charge >= 0.3 is 0 Å². The predicted octanol–water partition coefficient (Wildman–Crippen LogP) is 3.08. The fourth-order valence-corrected chi connectivity index (χ4v) is 1.40. The summed E-state index contributed by atoms with van der Waals surface area (Å²) in [6.45, 7) is 1.87. The molecule has 0 spiro atoms. The SMILES string of the molecule is CC(/C=N/Nc1ccc([N+](=O)[O-])cn1)=C\c1ccco1. The molecule has 0 saturated heterocycles. The van der Waals surface area contributed by atoms with E-state index in [1.807, 2.05) is 19.1 Å². The molecule has 2 rings (SSSR count). The second-order valence-corrected chi connectivity index (χ2v) is 3.93. The molecule has 0 fully saturated rings. The lowest BCUT2D eigenvalue weighted by molar-refractivity contribution is -0.385. The lowest BCUT2D eigenvalue weighted by Gasteiger charge is -1.98. The van der Waals surface area contributed by atoms with Gasteiger partial charge in [-0.1, -0.05) is 0 Å². The van der Waals surface area contributed by atoms with Gasteiger partial charge in [0, 0.05) is 6.07 Å². The number of allylic oxidation sites excluding steroid dienone is 1. The number of anilines is 1. The Morgan fingerprint density at radius 2 is 2.35 bits per heavy atom. The van der Waals surface area contributed by atoms with Crippen molar-refractivity contribution in [2.45, 2.75) is 6.92 Å². The maximum Gasteiger partial charge on any atom is 0.287 e. The Hall–Kier alpha value is -2.96. The molecule has 0 unspecified atom stereocenters. The Labute approximate surface area is 114 Å². The third-order valence-corrected chi connectivity index (χ3v) is 2.32. The molecule has 0 aliphatic heterocycles. The molecule has 7 nitrogen and oxygen atoms in total. The molecule has 2 aromatic rings.